The van der Waals surface area contributed by atoms with Gasteiger partial charge in [0.2, 0.25) is 0 Å². The number of nitrogens with zero attached hydrogens (tertiary/aromatic N) is 2. The summed E-state index contributed by atoms with van der Waals surface area (Å²) in [5.41, 5.74) is 7.03. The van der Waals surface area contributed by atoms with Crippen LogP contribution >= 0.6 is 0 Å². The van der Waals surface area contributed by atoms with Crippen LogP contribution in [0.1, 0.15) is 34.7 Å². The summed E-state index contributed by atoms with van der Waals surface area (Å²) in [5.74, 6) is -0.862. The molecule has 33 heavy (non-hydrogen) atoms. The number of anilines is 1. The van der Waals surface area contributed by atoms with Crippen molar-refractivity contribution in [1.82, 2.24) is 15.4 Å². The number of amides is 2. The molecule has 11 heteroatoms. The molecular formula is C22H23N5O6. The number of primary amides is 1. The second-order valence-corrected chi connectivity index (χ2v) is 6.61. The zero-order valence-corrected chi connectivity index (χ0v) is 18.1. The molecule has 2 amide bonds. The number of carbonyl (C=O) groups excluding carboxylic acids is 3. The van der Waals surface area contributed by atoms with Gasteiger partial charge in [-0.15, -0.1) is 0 Å². The lowest BCUT2D eigenvalue weighted by atomic mass is 10.1. The lowest BCUT2D eigenvalue weighted by Gasteiger charge is -2.13. The molecule has 0 fully saturated rings. The quantitative estimate of drug-likeness (QED) is 0.394. The first-order valence-electron chi connectivity index (χ1n) is 10.1. The fourth-order valence-electron chi connectivity index (χ4n) is 2.89. The van der Waals surface area contributed by atoms with Crippen molar-refractivity contribution in [3.63, 3.8) is 0 Å². The van der Waals surface area contributed by atoms with Gasteiger partial charge in [-0.1, -0.05) is 0 Å². The van der Waals surface area contributed by atoms with Crippen LogP contribution in [0.5, 0.6) is 11.5 Å². The minimum absolute atomic E-state index is 0.000491. The fourth-order valence-corrected chi connectivity index (χ4v) is 2.89. The number of benzene rings is 2. The Kier molecular flexibility index (Phi) is 7.58. The molecule has 0 spiro atoms. The number of carbonyl (C=O) groups is 3. The van der Waals surface area contributed by atoms with Crippen molar-refractivity contribution in [1.29, 1.82) is 0 Å². The summed E-state index contributed by atoms with van der Waals surface area (Å²) in [7, 11) is 0. The minimum atomic E-state index is -0.719. The molecule has 0 aliphatic carbocycles. The van der Waals surface area contributed by atoms with Crippen molar-refractivity contribution in [2.24, 2.45) is 5.73 Å². The predicted molar refractivity (Wildman–Crippen MR) is 118 cm³/mol. The molecule has 0 unspecified atom stereocenters. The zero-order chi connectivity index (χ0) is 23.8. The summed E-state index contributed by atoms with van der Waals surface area (Å²) < 4.78 is 16.2. The predicted octanol–water partition coefficient (Wildman–Crippen LogP) is 2.16. The number of H-pyrrole nitrogens is 1. The van der Waals surface area contributed by atoms with E-state index in [1.807, 2.05) is 0 Å². The van der Waals surface area contributed by atoms with Gasteiger partial charge >= 0.3 is 5.97 Å². The normalized spacial score (nSPS) is 10.4. The third-order valence-electron chi connectivity index (χ3n) is 4.34. The van der Waals surface area contributed by atoms with Crippen molar-refractivity contribution < 1.29 is 28.6 Å². The Morgan fingerprint density at radius 2 is 1.73 bits per heavy atom. The number of esters is 1. The number of hydrogen-bond acceptors (Lipinski definition) is 8. The highest BCUT2D eigenvalue weighted by atomic mass is 16.5. The monoisotopic (exact) mass is 453 g/mol. The molecule has 11 nitrogen and oxygen atoms in total. The Morgan fingerprint density at radius 3 is 2.39 bits per heavy atom. The molecule has 1 aromatic heterocycles. The van der Waals surface area contributed by atoms with Crippen molar-refractivity contribution >= 4 is 23.5 Å². The van der Waals surface area contributed by atoms with Gasteiger partial charge in [0.15, 0.2) is 23.8 Å². The molecule has 0 saturated heterocycles. The van der Waals surface area contributed by atoms with Gasteiger partial charge in [-0.2, -0.15) is 15.4 Å². The van der Waals surface area contributed by atoms with Crippen LogP contribution in [0.25, 0.3) is 11.3 Å². The number of ether oxygens (including phenoxy) is 3. The first-order valence-corrected chi connectivity index (χ1v) is 10.1. The standard InChI is InChI=1S/C22H23N5O6/c1-3-31-17-11-14(19-20(21(23)29)26-27-25-19)7-10-16(17)33-12-18(28)24-15-8-5-13(6-9-15)22(30)32-4-2/h5-11H,3-4,12H2,1-2H3,(H2,23,29)(H,24,28)(H,25,26,27). The highest BCUT2D eigenvalue weighted by Gasteiger charge is 2.18. The second-order valence-electron chi connectivity index (χ2n) is 6.61. The van der Waals surface area contributed by atoms with Gasteiger partial charge in [0.25, 0.3) is 11.8 Å². The molecule has 0 atom stereocenters. The summed E-state index contributed by atoms with van der Waals surface area (Å²) in [4.78, 5) is 35.5. The van der Waals surface area contributed by atoms with E-state index in [0.717, 1.165) is 0 Å². The molecule has 0 radical (unpaired) electrons. The van der Waals surface area contributed by atoms with Crippen molar-refractivity contribution in [2.45, 2.75) is 13.8 Å². The maximum absolute atomic E-state index is 12.3. The van der Waals surface area contributed by atoms with Crippen LogP contribution in [0.3, 0.4) is 0 Å². The third kappa shape index (κ3) is 5.85. The lowest BCUT2D eigenvalue weighted by molar-refractivity contribution is -0.118. The van der Waals surface area contributed by atoms with E-state index in [0.29, 0.717) is 34.9 Å². The summed E-state index contributed by atoms with van der Waals surface area (Å²) in [6.07, 6.45) is 0. The van der Waals surface area contributed by atoms with Gasteiger partial charge in [0.1, 0.15) is 5.69 Å². The van der Waals surface area contributed by atoms with Crippen LogP contribution in [-0.4, -0.2) is 53.0 Å². The third-order valence-corrected chi connectivity index (χ3v) is 4.34. The summed E-state index contributed by atoms with van der Waals surface area (Å²) in [6, 6.07) is 11.2. The average molecular weight is 453 g/mol. The van der Waals surface area contributed by atoms with E-state index < -0.39 is 17.8 Å². The first kappa shape index (κ1) is 23.3. The van der Waals surface area contributed by atoms with E-state index in [-0.39, 0.29) is 24.6 Å². The Labute approximate surface area is 189 Å². The van der Waals surface area contributed by atoms with Crippen LogP contribution in [0.15, 0.2) is 42.5 Å². The Bertz CT molecular complexity index is 1140. The van der Waals surface area contributed by atoms with Crippen molar-refractivity contribution in [3.05, 3.63) is 53.7 Å². The van der Waals surface area contributed by atoms with Gasteiger partial charge in [0, 0.05) is 11.3 Å². The molecule has 1 heterocycles. The molecule has 3 aromatic rings. The average Bonchev–Trinajstić information content (AvgIpc) is 3.29. The van der Waals surface area contributed by atoms with Crippen LogP contribution < -0.4 is 20.5 Å². The fraction of sp³-hybridized carbons (Fsp3) is 0.227. The van der Waals surface area contributed by atoms with E-state index in [1.165, 1.54) is 0 Å². The van der Waals surface area contributed by atoms with Gasteiger partial charge in [0.05, 0.1) is 18.8 Å². The van der Waals surface area contributed by atoms with Crippen LogP contribution in [0.4, 0.5) is 5.69 Å². The molecule has 2 aromatic carbocycles. The number of aromatic nitrogens is 3. The van der Waals surface area contributed by atoms with Gasteiger partial charge in [-0.05, 0) is 56.3 Å². The highest BCUT2D eigenvalue weighted by molar-refractivity contribution is 5.97. The lowest BCUT2D eigenvalue weighted by Crippen LogP contribution is -2.20. The van der Waals surface area contributed by atoms with Gasteiger partial charge < -0.3 is 25.3 Å². The summed E-state index contributed by atoms with van der Waals surface area (Å²) >= 11 is 0. The van der Waals surface area contributed by atoms with Crippen LogP contribution in [-0.2, 0) is 9.53 Å². The summed E-state index contributed by atoms with van der Waals surface area (Å²) in [5, 5.41) is 12.8. The number of nitrogens with one attached hydrogen (secondary N) is 2. The van der Waals surface area contributed by atoms with Crippen LogP contribution in [0, 0.1) is 0 Å². The maximum Gasteiger partial charge on any atom is 0.338 e. The Morgan fingerprint density at radius 1 is 0.970 bits per heavy atom. The molecule has 0 aliphatic heterocycles. The smallest absolute Gasteiger partial charge is 0.338 e. The Balaban J connectivity index is 1.66. The minimum Gasteiger partial charge on any atom is -0.490 e. The van der Waals surface area contributed by atoms with Gasteiger partial charge in [-0.25, -0.2) is 4.79 Å². The maximum atomic E-state index is 12.3. The van der Waals surface area contributed by atoms with E-state index in [2.05, 4.69) is 20.7 Å². The molecular weight excluding hydrogens is 430 g/mol. The first-order chi connectivity index (χ1) is 15.9. The summed E-state index contributed by atoms with van der Waals surface area (Å²) in [6.45, 7) is 3.87. The molecule has 172 valence electrons. The molecule has 0 bridgehead atoms. The van der Waals surface area contributed by atoms with E-state index >= 15 is 0 Å². The number of hydrogen-bond donors (Lipinski definition) is 3. The van der Waals surface area contributed by atoms with E-state index in [4.69, 9.17) is 19.9 Å². The second kappa shape index (κ2) is 10.8. The number of nitrogens with two attached hydrogens (primary N) is 1. The topological polar surface area (TPSA) is 159 Å². The molecule has 0 saturated carbocycles. The zero-order valence-electron chi connectivity index (χ0n) is 18.1. The molecule has 0 aliphatic rings. The number of aromatic amines is 1. The number of rotatable bonds is 10. The van der Waals surface area contributed by atoms with E-state index in [1.54, 1.807) is 56.3 Å². The van der Waals surface area contributed by atoms with Crippen LogP contribution in [0.2, 0.25) is 0 Å². The molecule has 3 rings (SSSR count). The van der Waals surface area contributed by atoms with Gasteiger partial charge in [-0.3, -0.25) is 9.59 Å². The Hall–Kier alpha value is -4.41. The molecule has 4 N–H and O–H groups in total. The van der Waals surface area contributed by atoms with Crippen molar-refractivity contribution in [2.75, 3.05) is 25.1 Å². The van der Waals surface area contributed by atoms with Crippen molar-refractivity contribution in [3.8, 4) is 22.8 Å². The highest BCUT2D eigenvalue weighted by Crippen LogP contribution is 2.33. The largest absolute Gasteiger partial charge is 0.490 e. The van der Waals surface area contributed by atoms with E-state index in [9.17, 15) is 14.4 Å². The SMILES string of the molecule is CCOC(=O)c1ccc(NC(=O)COc2ccc(-c3n[nH]nc3C(N)=O)cc2OCC)cc1.